The molecule has 0 bridgehead atoms. The van der Waals surface area contributed by atoms with Gasteiger partial charge in [0.1, 0.15) is 0 Å². The van der Waals surface area contributed by atoms with E-state index in [2.05, 4.69) is 15.0 Å². The average molecular weight is 333 g/mol. The molecule has 2 aromatic rings. The van der Waals surface area contributed by atoms with Gasteiger partial charge in [-0.3, -0.25) is 4.79 Å². The number of benzene rings is 1. The lowest BCUT2D eigenvalue weighted by atomic mass is 10.1. The Balaban J connectivity index is 1.92. The van der Waals surface area contributed by atoms with Gasteiger partial charge in [-0.05, 0) is 18.1 Å². The third-order valence-electron chi connectivity index (χ3n) is 3.16. The number of nitrogen functional groups attached to an aromatic ring is 2. The Bertz CT molecular complexity index is 703. The highest BCUT2D eigenvalue weighted by Gasteiger charge is 2.12. The number of rotatable bonds is 7. The molecule has 0 radical (unpaired) electrons. The molecule has 4 N–H and O–H groups in total. The number of carbonyl (C=O) groups excluding carboxylic acids is 1. The summed E-state index contributed by atoms with van der Waals surface area (Å²) in [5, 5.41) is 0. The average Bonchev–Trinajstić information content (AvgIpc) is 2.56. The molecule has 1 aromatic carbocycles. The lowest BCUT2D eigenvalue weighted by Gasteiger charge is -2.12. The van der Waals surface area contributed by atoms with Crippen LogP contribution in [0.2, 0.25) is 0 Å². The minimum absolute atomic E-state index is 0.0188. The van der Waals surface area contributed by atoms with Crippen molar-refractivity contribution in [3.63, 3.8) is 0 Å². The summed E-state index contributed by atoms with van der Waals surface area (Å²) in [5.41, 5.74) is 11.8. The second kappa shape index (κ2) is 7.95. The van der Waals surface area contributed by atoms with Gasteiger partial charge in [0.25, 0.3) is 0 Å². The van der Waals surface area contributed by atoms with Gasteiger partial charge < -0.3 is 25.7 Å². The molecule has 24 heavy (non-hydrogen) atoms. The summed E-state index contributed by atoms with van der Waals surface area (Å²) in [6.07, 6.45) is 0.611. The monoisotopic (exact) mass is 333 g/mol. The van der Waals surface area contributed by atoms with E-state index >= 15 is 0 Å². The standard InChI is InChI=1S/C15H19N5O4/c1-22-10-5-3-4-9(13(10)23-2)6-7-12(21)24-8-11-18-14(16)20-15(17)19-11/h3-5H,6-8H2,1-2H3,(H4,16,17,18,19,20). The number of anilines is 2. The van der Waals surface area contributed by atoms with Crippen LogP contribution in [0.25, 0.3) is 0 Å². The number of aromatic nitrogens is 3. The highest BCUT2D eigenvalue weighted by Crippen LogP contribution is 2.31. The molecule has 2 rings (SSSR count). The molecule has 9 nitrogen and oxygen atoms in total. The highest BCUT2D eigenvalue weighted by molar-refractivity contribution is 5.70. The van der Waals surface area contributed by atoms with E-state index in [-0.39, 0.29) is 30.7 Å². The molecule has 0 aliphatic carbocycles. The predicted octanol–water partition coefficient (Wildman–Crippen LogP) is 0.729. The fraction of sp³-hybridized carbons (Fsp3) is 0.333. The van der Waals surface area contributed by atoms with Crippen molar-refractivity contribution in [3.8, 4) is 11.5 Å². The molecule has 1 heterocycles. The Kier molecular flexibility index (Phi) is 5.72. The summed E-state index contributed by atoms with van der Waals surface area (Å²) in [6.45, 7) is -0.120. The number of hydrogen-bond acceptors (Lipinski definition) is 9. The fourth-order valence-corrected chi connectivity index (χ4v) is 2.13. The number of hydrogen-bond donors (Lipinski definition) is 2. The van der Waals surface area contributed by atoms with Crippen LogP contribution in [-0.4, -0.2) is 35.1 Å². The number of para-hydroxylation sites is 1. The molecule has 0 unspecified atom stereocenters. The zero-order valence-electron chi connectivity index (χ0n) is 13.5. The number of methoxy groups -OCH3 is 2. The summed E-state index contributed by atoms with van der Waals surface area (Å²) in [5.74, 6) is 0.972. The fourth-order valence-electron chi connectivity index (χ4n) is 2.13. The minimum Gasteiger partial charge on any atom is -0.493 e. The largest absolute Gasteiger partial charge is 0.493 e. The SMILES string of the molecule is COc1cccc(CCC(=O)OCc2nc(N)nc(N)n2)c1OC. The van der Waals surface area contributed by atoms with Crippen molar-refractivity contribution < 1.29 is 19.0 Å². The Labute approximate surface area is 139 Å². The van der Waals surface area contributed by atoms with E-state index in [1.807, 2.05) is 12.1 Å². The maximum atomic E-state index is 11.9. The molecule has 0 amide bonds. The first-order chi connectivity index (χ1) is 11.5. The summed E-state index contributed by atoms with van der Waals surface area (Å²) in [7, 11) is 3.11. The van der Waals surface area contributed by atoms with Gasteiger partial charge in [-0.2, -0.15) is 15.0 Å². The summed E-state index contributed by atoms with van der Waals surface area (Å²) >= 11 is 0. The Hall–Kier alpha value is -3.10. The van der Waals surface area contributed by atoms with Gasteiger partial charge in [0.2, 0.25) is 11.9 Å². The molecule has 0 saturated heterocycles. The highest BCUT2D eigenvalue weighted by atomic mass is 16.5. The number of ether oxygens (including phenoxy) is 3. The van der Waals surface area contributed by atoms with Gasteiger partial charge >= 0.3 is 5.97 Å². The van der Waals surface area contributed by atoms with E-state index in [0.29, 0.717) is 17.9 Å². The van der Waals surface area contributed by atoms with E-state index in [1.165, 1.54) is 0 Å². The Morgan fingerprint density at radius 1 is 1.08 bits per heavy atom. The smallest absolute Gasteiger partial charge is 0.306 e. The third kappa shape index (κ3) is 4.45. The molecule has 128 valence electrons. The van der Waals surface area contributed by atoms with Gasteiger partial charge in [0.05, 0.1) is 14.2 Å². The summed E-state index contributed by atoms with van der Waals surface area (Å²) < 4.78 is 15.7. The molecule has 0 fully saturated rings. The maximum Gasteiger partial charge on any atom is 0.306 e. The van der Waals surface area contributed by atoms with Gasteiger partial charge in [-0.15, -0.1) is 0 Å². The molecule has 0 saturated carbocycles. The van der Waals surface area contributed by atoms with Crippen molar-refractivity contribution in [1.82, 2.24) is 15.0 Å². The molecule has 9 heteroatoms. The molecular formula is C15H19N5O4. The van der Waals surface area contributed by atoms with E-state index in [4.69, 9.17) is 25.7 Å². The molecule has 0 spiro atoms. The van der Waals surface area contributed by atoms with Crippen molar-refractivity contribution in [3.05, 3.63) is 29.6 Å². The van der Waals surface area contributed by atoms with E-state index in [0.717, 1.165) is 5.56 Å². The van der Waals surface area contributed by atoms with Gasteiger partial charge in [-0.25, -0.2) is 0 Å². The Morgan fingerprint density at radius 3 is 2.42 bits per heavy atom. The quantitative estimate of drug-likeness (QED) is 0.702. The lowest BCUT2D eigenvalue weighted by molar-refractivity contribution is -0.145. The molecule has 0 aliphatic heterocycles. The topological polar surface area (TPSA) is 135 Å². The number of aryl methyl sites for hydroxylation is 1. The zero-order chi connectivity index (χ0) is 17.5. The normalized spacial score (nSPS) is 10.2. The van der Waals surface area contributed by atoms with Crippen LogP contribution < -0.4 is 20.9 Å². The maximum absolute atomic E-state index is 11.9. The third-order valence-corrected chi connectivity index (χ3v) is 3.16. The van der Waals surface area contributed by atoms with Crippen molar-refractivity contribution in [1.29, 1.82) is 0 Å². The van der Waals surface area contributed by atoms with Crippen molar-refractivity contribution >= 4 is 17.9 Å². The van der Waals surface area contributed by atoms with Crippen LogP contribution in [0.3, 0.4) is 0 Å². The lowest BCUT2D eigenvalue weighted by Crippen LogP contribution is -2.11. The van der Waals surface area contributed by atoms with Crippen molar-refractivity contribution in [2.45, 2.75) is 19.4 Å². The van der Waals surface area contributed by atoms with E-state index < -0.39 is 5.97 Å². The molecule has 0 aliphatic rings. The molecular weight excluding hydrogens is 314 g/mol. The predicted molar refractivity (Wildman–Crippen MR) is 86.3 cm³/mol. The van der Waals surface area contributed by atoms with Crippen LogP contribution in [0.4, 0.5) is 11.9 Å². The number of nitrogens with zero attached hydrogens (tertiary/aromatic N) is 3. The molecule has 1 aromatic heterocycles. The minimum atomic E-state index is -0.405. The van der Waals surface area contributed by atoms with E-state index in [9.17, 15) is 4.79 Å². The van der Waals surface area contributed by atoms with Crippen LogP contribution in [0.15, 0.2) is 18.2 Å². The number of esters is 1. The summed E-state index contributed by atoms with van der Waals surface area (Å²) in [6, 6.07) is 5.48. The number of carbonyl (C=O) groups is 1. The van der Waals surface area contributed by atoms with E-state index in [1.54, 1.807) is 20.3 Å². The van der Waals surface area contributed by atoms with Gasteiger partial charge in [0, 0.05) is 6.42 Å². The van der Waals surface area contributed by atoms with Gasteiger partial charge in [-0.1, -0.05) is 12.1 Å². The van der Waals surface area contributed by atoms with Crippen molar-refractivity contribution in [2.75, 3.05) is 25.7 Å². The second-order valence-electron chi connectivity index (χ2n) is 4.78. The van der Waals surface area contributed by atoms with Crippen molar-refractivity contribution in [2.24, 2.45) is 0 Å². The van der Waals surface area contributed by atoms with Crippen LogP contribution in [0.5, 0.6) is 11.5 Å². The van der Waals surface area contributed by atoms with Crippen LogP contribution >= 0.6 is 0 Å². The first-order valence-corrected chi connectivity index (χ1v) is 7.15. The van der Waals surface area contributed by atoms with Crippen LogP contribution in [0, 0.1) is 0 Å². The molecule has 0 atom stereocenters. The van der Waals surface area contributed by atoms with Gasteiger partial charge in [0.15, 0.2) is 23.9 Å². The van der Waals surface area contributed by atoms with Crippen LogP contribution in [-0.2, 0) is 22.6 Å². The van der Waals surface area contributed by atoms with Crippen LogP contribution in [0.1, 0.15) is 17.8 Å². The summed E-state index contributed by atoms with van der Waals surface area (Å²) in [4.78, 5) is 23.2. The first kappa shape index (κ1) is 17.3. The first-order valence-electron chi connectivity index (χ1n) is 7.15. The number of nitrogens with two attached hydrogens (primary N) is 2. The second-order valence-corrected chi connectivity index (χ2v) is 4.78. The zero-order valence-corrected chi connectivity index (χ0v) is 13.5. The Morgan fingerprint density at radius 2 is 1.79 bits per heavy atom.